The molecule has 2 aromatic carbocycles. The van der Waals surface area contributed by atoms with Crippen molar-refractivity contribution in [2.75, 3.05) is 16.0 Å². The molecule has 13 heteroatoms. The lowest BCUT2D eigenvalue weighted by Gasteiger charge is -2.15. The number of aromatic nitrogens is 5. The van der Waals surface area contributed by atoms with Crippen LogP contribution in [0, 0.1) is 6.92 Å². The molecule has 0 aliphatic heterocycles. The first-order valence-corrected chi connectivity index (χ1v) is 11.5. The number of H-pyrrole nitrogens is 1. The normalized spacial score (nSPS) is 11.4. The highest BCUT2D eigenvalue weighted by atomic mass is 35.5. The Morgan fingerprint density at radius 3 is 2.53 bits per heavy atom. The lowest BCUT2D eigenvalue weighted by molar-refractivity contribution is -0.137. The minimum absolute atomic E-state index is 0.0576. The SMILES string of the molecule is Cc1ccc(NC(=O)Nc2ccc(Cl)c(C(F)(F)F)c2)cc1Nc1ncccc1-c1ncnc2nc[nH]c12. The van der Waals surface area contributed by atoms with Gasteiger partial charge in [-0.15, -0.1) is 0 Å². The summed E-state index contributed by atoms with van der Waals surface area (Å²) in [6, 6.07) is 11.2. The Morgan fingerprint density at radius 1 is 0.974 bits per heavy atom. The van der Waals surface area contributed by atoms with Crippen LogP contribution in [0.2, 0.25) is 5.02 Å². The molecule has 0 spiro atoms. The maximum Gasteiger partial charge on any atom is 0.417 e. The van der Waals surface area contributed by atoms with Gasteiger partial charge in [0, 0.05) is 28.8 Å². The zero-order valence-electron chi connectivity index (χ0n) is 19.6. The van der Waals surface area contributed by atoms with Crippen LogP contribution in [0.3, 0.4) is 0 Å². The zero-order valence-corrected chi connectivity index (χ0v) is 20.3. The largest absolute Gasteiger partial charge is 0.417 e. The van der Waals surface area contributed by atoms with Crippen molar-refractivity contribution >= 4 is 51.7 Å². The Bertz CT molecular complexity index is 1650. The molecule has 0 fully saturated rings. The molecule has 9 nitrogen and oxygen atoms in total. The number of imidazole rings is 1. The molecule has 0 unspecified atom stereocenters. The molecule has 2 amide bonds. The van der Waals surface area contributed by atoms with Gasteiger partial charge in [-0.25, -0.2) is 24.7 Å². The first-order chi connectivity index (χ1) is 18.2. The van der Waals surface area contributed by atoms with E-state index in [1.54, 1.807) is 30.5 Å². The third-order valence-electron chi connectivity index (χ3n) is 5.56. The van der Waals surface area contributed by atoms with Crippen molar-refractivity contribution < 1.29 is 18.0 Å². The second-order valence-electron chi connectivity index (χ2n) is 8.15. The molecule has 192 valence electrons. The Hall–Kier alpha value is -4.71. The monoisotopic (exact) mass is 538 g/mol. The average Bonchev–Trinajstić information content (AvgIpc) is 3.36. The number of nitrogens with zero attached hydrogens (tertiary/aromatic N) is 4. The van der Waals surface area contributed by atoms with E-state index in [-0.39, 0.29) is 5.69 Å². The van der Waals surface area contributed by atoms with Crippen molar-refractivity contribution in [3.8, 4) is 11.3 Å². The van der Waals surface area contributed by atoms with E-state index >= 15 is 0 Å². The van der Waals surface area contributed by atoms with E-state index in [1.807, 2.05) is 13.0 Å². The van der Waals surface area contributed by atoms with Gasteiger partial charge in [-0.05, 0) is 55.0 Å². The van der Waals surface area contributed by atoms with Crippen LogP contribution in [0.1, 0.15) is 11.1 Å². The second-order valence-corrected chi connectivity index (χ2v) is 8.56. The molecule has 5 rings (SSSR count). The summed E-state index contributed by atoms with van der Waals surface area (Å²) in [5, 5.41) is 7.84. The number of anilines is 4. The van der Waals surface area contributed by atoms with Gasteiger partial charge in [-0.1, -0.05) is 17.7 Å². The van der Waals surface area contributed by atoms with Crippen molar-refractivity contribution in [3.05, 3.63) is 83.5 Å². The molecular formula is C25H18ClF3N8O. The van der Waals surface area contributed by atoms with E-state index in [0.29, 0.717) is 39.6 Å². The van der Waals surface area contributed by atoms with Crippen molar-refractivity contribution in [1.29, 1.82) is 0 Å². The van der Waals surface area contributed by atoms with E-state index in [1.165, 1.54) is 18.7 Å². The lowest BCUT2D eigenvalue weighted by Crippen LogP contribution is -2.20. The first kappa shape index (κ1) is 25.0. The number of urea groups is 1. The Balaban J connectivity index is 1.37. The van der Waals surface area contributed by atoms with Crippen molar-refractivity contribution in [2.45, 2.75) is 13.1 Å². The fraction of sp³-hybridized carbons (Fsp3) is 0.0800. The fourth-order valence-electron chi connectivity index (χ4n) is 3.74. The Labute approximate surface area is 218 Å². The highest BCUT2D eigenvalue weighted by Gasteiger charge is 2.33. The van der Waals surface area contributed by atoms with Crippen molar-refractivity contribution in [1.82, 2.24) is 24.9 Å². The lowest BCUT2D eigenvalue weighted by atomic mass is 10.1. The molecule has 38 heavy (non-hydrogen) atoms. The van der Waals surface area contributed by atoms with E-state index in [2.05, 4.69) is 40.9 Å². The van der Waals surface area contributed by atoms with Crippen LogP contribution >= 0.6 is 11.6 Å². The van der Waals surface area contributed by atoms with Crippen LogP contribution in [0.15, 0.2) is 67.4 Å². The summed E-state index contributed by atoms with van der Waals surface area (Å²) < 4.78 is 39.4. The second kappa shape index (κ2) is 9.98. The number of pyridine rings is 1. The Morgan fingerprint density at radius 2 is 1.74 bits per heavy atom. The number of hydrogen-bond donors (Lipinski definition) is 4. The highest BCUT2D eigenvalue weighted by molar-refractivity contribution is 6.31. The van der Waals surface area contributed by atoms with Gasteiger partial charge in [0.2, 0.25) is 0 Å². The number of rotatable bonds is 5. The maximum absolute atomic E-state index is 13.1. The molecule has 4 N–H and O–H groups in total. The van der Waals surface area contributed by atoms with Crippen LogP contribution in [-0.4, -0.2) is 31.0 Å². The number of hydrogen-bond acceptors (Lipinski definition) is 6. The van der Waals surface area contributed by atoms with Gasteiger partial charge in [0.15, 0.2) is 5.65 Å². The summed E-state index contributed by atoms with van der Waals surface area (Å²) >= 11 is 5.65. The zero-order chi connectivity index (χ0) is 26.9. The number of amides is 2. The van der Waals surface area contributed by atoms with E-state index in [0.717, 1.165) is 17.7 Å². The molecule has 5 aromatic rings. The number of fused-ring (bicyclic) bond motifs is 1. The summed E-state index contributed by atoms with van der Waals surface area (Å²) in [5.41, 5.74) is 3.27. The van der Waals surface area contributed by atoms with Crippen molar-refractivity contribution in [2.24, 2.45) is 0 Å². The number of benzene rings is 2. The topological polar surface area (TPSA) is 121 Å². The quantitative estimate of drug-likeness (QED) is 0.196. The van der Waals surface area contributed by atoms with E-state index < -0.39 is 22.8 Å². The molecule has 3 heterocycles. The molecule has 3 aromatic heterocycles. The third-order valence-corrected chi connectivity index (χ3v) is 5.89. The van der Waals surface area contributed by atoms with E-state index in [9.17, 15) is 18.0 Å². The average molecular weight is 539 g/mol. The molecule has 0 saturated carbocycles. The smallest absolute Gasteiger partial charge is 0.341 e. The number of alkyl halides is 3. The number of aryl methyl sites for hydroxylation is 1. The molecule has 0 aliphatic rings. The minimum Gasteiger partial charge on any atom is -0.341 e. The summed E-state index contributed by atoms with van der Waals surface area (Å²) in [5.74, 6) is 0.507. The van der Waals surface area contributed by atoms with Gasteiger partial charge < -0.3 is 20.9 Å². The summed E-state index contributed by atoms with van der Waals surface area (Å²) in [6.45, 7) is 1.87. The molecule has 0 bridgehead atoms. The Kier molecular flexibility index (Phi) is 6.55. The summed E-state index contributed by atoms with van der Waals surface area (Å²) in [6.07, 6.45) is -0.0713. The van der Waals surface area contributed by atoms with Crippen LogP contribution < -0.4 is 16.0 Å². The number of aromatic amines is 1. The molecular weight excluding hydrogens is 521 g/mol. The third kappa shape index (κ3) is 5.20. The minimum atomic E-state index is -4.65. The van der Waals surface area contributed by atoms with Gasteiger partial charge in [0.05, 0.1) is 16.9 Å². The number of carbonyl (C=O) groups excluding carboxylic acids is 1. The van der Waals surface area contributed by atoms with Gasteiger partial charge in [-0.3, -0.25) is 0 Å². The number of halogens is 4. The van der Waals surface area contributed by atoms with Crippen LogP contribution in [0.25, 0.3) is 22.4 Å². The van der Waals surface area contributed by atoms with Crippen LogP contribution in [-0.2, 0) is 6.18 Å². The standard InChI is InChI=1S/C25H18ClF3N8O/c1-13-4-5-15(36-24(38)35-14-6-7-18(26)17(9-14)25(27,28)29)10-19(13)37-22-16(3-2-8-30-22)20-21-23(33-11-31-20)34-12-32-21/h2-12H,1H3,(H,30,37)(H2,35,36,38)(H,31,32,33,34). The molecule has 0 radical (unpaired) electrons. The van der Waals surface area contributed by atoms with Gasteiger partial charge in [-0.2, -0.15) is 13.2 Å². The molecule has 0 atom stereocenters. The summed E-state index contributed by atoms with van der Waals surface area (Å²) in [7, 11) is 0. The number of nitrogens with one attached hydrogen (secondary N) is 4. The van der Waals surface area contributed by atoms with Gasteiger partial charge in [0.1, 0.15) is 23.4 Å². The van der Waals surface area contributed by atoms with Crippen molar-refractivity contribution in [3.63, 3.8) is 0 Å². The number of carbonyl (C=O) groups is 1. The first-order valence-electron chi connectivity index (χ1n) is 11.1. The highest BCUT2D eigenvalue weighted by Crippen LogP contribution is 2.36. The van der Waals surface area contributed by atoms with Crippen LogP contribution in [0.4, 0.5) is 40.8 Å². The predicted molar refractivity (Wildman–Crippen MR) is 138 cm³/mol. The molecule has 0 aliphatic carbocycles. The van der Waals surface area contributed by atoms with Gasteiger partial charge >= 0.3 is 12.2 Å². The van der Waals surface area contributed by atoms with E-state index in [4.69, 9.17) is 11.6 Å². The fourth-order valence-corrected chi connectivity index (χ4v) is 3.97. The van der Waals surface area contributed by atoms with Crippen LogP contribution in [0.5, 0.6) is 0 Å². The predicted octanol–water partition coefficient (Wildman–Crippen LogP) is 6.78. The molecule has 0 saturated heterocycles. The maximum atomic E-state index is 13.1. The summed E-state index contributed by atoms with van der Waals surface area (Å²) in [4.78, 5) is 32.7. The van der Waals surface area contributed by atoms with Gasteiger partial charge in [0.25, 0.3) is 0 Å².